The number of imidazole rings is 1. The number of halogens is 1. The molecule has 3 aliphatic rings. The second-order valence-corrected chi connectivity index (χ2v) is 11.1. The van der Waals surface area contributed by atoms with E-state index in [0.29, 0.717) is 24.7 Å². The molecule has 5 rings (SSSR count). The van der Waals surface area contributed by atoms with Crippen molar-refractivity contribution in [2.45, 2.75) is 90.0 Å². The second-order valence-electron chi connectivity index (χ2n) is 10.0. The van der Waals surface area contributed by atoms with Gasteiger partial charge in [0, 0.05) is 62.1 Å². The Morgan fingerprint density at radius 1 is 1.21 bits per heavy atom. The maximum absolute atomic E-state index is 13.6. The summed E-state index contributed by atoms with van der Waals surface area (Å²) in [5.74, 6) is 1.11. The van der Waals surface area contributed by atoms with Crippen molar-refractivity contribution in [2.75, 3.05) is 13.1 Å². The van der Waals surface area contributed by atoms with Crippen molar-refractivity contribution in [1.82, 2.24) is 24.7 Å². The predicted molar refractivity (Wildman–Crippen MR) is 129 cm³/mol. The maximum Gasteiger partial charge on any atom is 0.219 e. The summed E-state index contributed by atoms with van der Waals surface area (Å²) in [4.78, 5) is 33.9. The number of hydrogen-bond acceptors (Lipinski definition) is 5. The summed E-state index contributed by atoms with van der Waals surface area (Å²) in [6, 6.07) is 4.63. The first-order valence-corrected chi connectivity index (χ1v) is 13.2. The fraction of sp³-hybridized carbons (Fsp3) is 0.640. The standard InChI is InChI=1S/C25H34FN5O2S/c1-15-27-22-14-29(17(3)33)10-9-23(22)31(15)20-12-18-4-5-19(13-20)30(18)11-8-21(28-16(2)32)24-6-7-25(26)34-24/h6-7,18-21H,4-5,8-14H2,1-3H3,(H,28,32)/t18-,19+,20+,21-/m0/s1. The normalized spacial score (nSPS) is 25.3. The topological polar surface area (TPSA) is 70.5 Å². The summed E-state index contributed by atoms with van der Waals surface area (Å²) < 4.78 is 16.1. The molecular formula is C25H34FN5O2S. The molecule has 0 aromatic carbocycles. The van der Waals surface area contributed by atoms with Crippen LogP contribution in [0.25, 0.3) is 0 Å². The SMILES string of the molecule is CC(=O)N[C@@H](CCN1[C@@H]2CC[C@H]1C[C@@H](n1c(C)nc3c1CCN(C(C)=O)C3)C2)c1ccc(F)s1. The van der Waals surface area contributed by atoms with Crippen LogP contribution in [0.1, 0.15) is 80.1 Å². The number of aryl methyl sites for hydroxylation is 1. The number of hydrogen-bond donors (Lipinski definition) is 1. The molecule has 2 amide bonds. The van der Waals surface area contributed by atoms with Gasteiger partial charge in [-0.05, 0) is 51.2 Å². The summed E-state index contributed by atoms with van der Waals surface area (Å²) in [6.07, 6.45) is 6.28. The summed E-state index contributed by atoms with van der Waals surface area (Å²) in [6.45, 7) is 7.55. The lowest BCUT2D eigenvalue weighted by Gasteiger charge is -2.41. The van der Waals surface area contributed by atoms with Gasteiger partial charge in [-0.25, -0.2) is 4.98 Å². The molecule has 0 radical (unpaired) electrons. The molecule has 2 bridgehead atoms. The minimum Gasteiger partial charge on any atom is -0.349 e. The molecule has 4 atom stereocenters. The van der Waals surface area contributed by atoms with Crippen molar-refractivity contribution in [3.8, 4) is 0 Å². The van der Waals surface area contributed by atoms with E-state index in [9.17, 15) is 14.0 Å². The van der Waals surface area contributed by atoms with Gasteiger partial charge in [-0.1, -0.05) is 0 Å². The number of rotatable bonds is 6. The number of amides is 2. The molecule has 1 N–H and O–H groups in total. The highest BCUT2D eigenvalue weighted by molar-refractivity contribution is 7.10. The fourth-order valence-corrected chi connectivity index (χ4v) is 7.26. The molecular weight excluding hydrogens is 453 g/mol. The third kappa shape index (κ3) is 4.52. The average molecular weight is 488 g/mol. The molecule has 3 aliphatic heterocycles. The molecule has 0 spiro atoms. The first-order valence-electron chi connectivity index (χ1n) is 12.4. The molecule has 34 heavy (non-hydrogen) atoms. The van der Waals surface area contributed by atoms with Gasteiger partial charge in [0.15, 0.2) is 5.13 Å². The Morgan fingerprint density at radius 3 is 2.56 bits per heavy atom. The van der Waals surface area contributed by atoms with E-state index in [1.54, 1.807) is 13.0 Å². The smallest absolute Gasteiger partial charge is 0.219 e. The van der Waals surface area contributed by atoms with E-state index in [2.05, 4.69) is 21.7 Å². The van der Waals surface area contributed by atoms with Crippen LogP contribution in [0.4, 0.5) is 4.39 Å². The van der Waals surface area contributed by atoms with E-state index in [1.807, 2.05) is 4.90 Å². The van der Waals surface area contributed by atoms with Gasteiger partial charge >= 0.3 is 0 Å². The minimum atomic E-state index is -0.211. The molecule has 7 nitrogen and oxygen atoms in total. The molecule has 2 aromatic heterocycles. The van der Waals surface area contributed by atoms with Gasteiger partial charge in [-0.3, -0.25) is 14.5 Å². The molecule has 0 aliphatic carbocycles. The molecule has 0 saturated carbocycles. The molecule has 184 valence electrons. The third-order valence-corrected chi connectivity index (χ3v) is 8.88. The number of nitrogens with zero attached hydrogens (tertiary/aromatic N) is 4. The molecule has 9 heteroatoms. The number of thiophene rings is 1. The number of carbonyl (C=O) groups excluding carboxylic acids is 2. The van der Waals surface area contributed by atoms with Crippen molar-refractivity contribution < 1.29 is 14.0 Å². The zero-order valence-corrected chi connectivity index (χ0v) is 21.0. The lowest BCUT2D eigenvalue weighted by molar-refractivity contribution is -0.129. The highest BCUT2D eigenvalue weighted by Crippen LogP contribution is 2.43. The zero-order chi connectivity index (χ0) is 24.0. The lowest BCUT2D eigenvalue weighted by atomic mass is 9.95. The van der Waals surface area contributed by atoms with E-state index in [-0.39, 0.29) is 23.0 Å². The van der Waals surface area contributed by atoms with Crippen LogP contribution in [0.3, 0.4) is 0 Å². The average Bonchev–Trinajstić information content (AvgIpc) is 3.42. The Hall–Kier alpha value is -2.26. The van der Waals surface area contributed by atoms with Crippen molar-refractivity contribution in [3.05, 3.63) is 39.4 Å². The molecule has 2 fully saturated rings. The zero-order valence-electron chi connectivity index (χ0n) is 20.2. The van der Waals surface area contributed by atoms with E-state index in [4.69, 9.17) is 4.98 Å². The molecule has 2 saturated heterocycles. The Bertz CT molecular complexity index is 1070. The highest BCUT2D eigenvalue weighted by atomic mass is 32.1. The maximum atomic E-state index is 13.6. The van der Waals surface area contributed by atoms with E-state index < -0.39 is 0 Å². The first-order chi connectivity index (χ1) is 16.3. The Kier molecular flexibility index (Phi) is 6.50. The number of carbonyl (C=O) groups is 2. The van der Waals surface area contributed by atoms with Crippen LogP contribution in [0, 0.1) is 12.1 Å². The summed E-state index contributed by atoms with van der Waals surface area (Å²) >= 11 is 1.12. The van der Waals surface area contributed by atoms with Crippen molar-refractivity contribution in [2.24, 2.45) is 0 Å². The minimum absolute atomic E-state index is 0.0795. The van der Waals surface area contributed by atoms with Crippen LogP contribution >= 0.6 is 11.3 Å². The predicted octanol–water partition coefficient (Wildman–Crippen LogP) is 3.73. The third-order valence-electron chi connectivity index (χ3n) is 7.89. The largest absolute Gasteiger partial charge is 0.349 e. The quantitative estimate of drug-likeness (QED) is 0.674. The second kappa shape index (κ2) is 9.41. The van der Waals surface area contributed by atoms with Crippen molar-refractivity contribution in [3.63, 3.8) is 0 Å². The highest BCUT2D eigenvalue weighted by Gasteiger charge is 2.42. The van der Waals surface area contributed by atoms with Gasteiger partial charge < -0.3 is 14.8 Å². The van der Waals surface area contributed by atoms with Gasteiger partial charge in [0.25, 0.3) is 0 Å². The van der Waals surface area contributed by atoms with Crippen LogP contribution in [-0.2, 0) is 22.6 Å². The number of piperidine rings is 1. The van der Waals surface area contributed by atoms with Crippen LogP contribution < -0.4 is 5.32 Å². The Balaban J connectivity index is 1.27. The van der Waals surface area contributed by atoms with Gasteiger partial charge in [-0.15, -0.1) is 11.3 Å². The van der Waals surface area contributed by atoms with Crippen molar-refractivity contribution >= 4 is 23.2 Å². The summed E-state index contributed by atoms with van der Waals surface area (Å²) in [5.41, 5.74) is 2.38. The number of nitrogens with one attached hydrogen (secondary N) is 1. The Morgan fingerprint density at radius 2 is 1.94 bits per heavy atom. The van der Waals surface area contributed by atoms with Gasteiger partial charge in [0.2, 0.25) is 11.8 Å². The lowest BCUT2D eigenvalue weighted by Crippen LogP contribution is -2.45. The molecule has 0 unspecified atom stereocenters. The summed E-state index contributed by atoms with van der Waals surface area (Å²) in [5, 5.41) is 2.81. The number of aromatic nitrogens is 2. The van der Waals surface area contributed by atoms with Crippen molar-refractivity contribution in [1.29, 1.82) is 0 Å². The monoisotopic (exact) mass is 487 g/mol. The fourth-order valence-electron chi connectivity index (χ4n) is 6.44. The van der Waals surface area contributed by atoms with E-state index >= 15 is 0 Å². The molecule has 2 aromatic rings. The van der Waals surface area contributed by atoms with Crippen LogP contribution in [0.15, 0.2) is 12.1 Å². The number of fused-ring (bicyclic) bond motifs is 3. The van der Waals surface area contributed by atoms with E-state index in [1.165, 1.54) is 31.5 Å². The Labute approximate surface area is 204 Å². The first kappa shape index (κ1) is 23.5. The van der Waals surface area contributed by atoms with Gasteiger partial charge in [0.1, 0.15) is 5.82 Å². The molecule has 5 heterocycles. The van der Waals surface area contributed by atoms with E-state index in [0.717, 1.165) is 66.5 Å². The van der Waals surface area contributed by atoms with Crippen LogP contribution in [0.5, 0.6) is 0 Å². The van der Waals surface area contributed by atoms with Gasteiger partial charge in [-0.2, -0.15) is 4.39 Å². The van der Waals surface area contributed by atoms with Crippen LogP contribution in [-0.4, -0.2) is 56.3 Å². The summed E-state index contributed by atoms with van der Waals surface area (Å²) in [7, 11) is 0. The van der Waals surface area contributed by atoms with Gasteiger partial charge in [0.05, 0.1) is 18.3 Å². The van der Waals surface area contributed by atoms with Crippen LogP contribution in [0.2, 0.25) is 0 Å².